The predicted octanol–water partition coefficient (Wildman–Crippen LogP) is 3.88. The van der Waals surface area contributed by atoms with Crippen molar-refractivity contribution in [1.82, 2.24) is 4.90 Å². The van der Waals surface area contributed by atoms with E-state index in [0.29, 0.717) is 11.3 Å². The van der Waals surface area contributed by atoms with Gasteiger partial charge in [0, 0.05) is 43.1 Å². The SMILES string of the molecule is CCN1CCN(c2ccc(NC(=O)COC(=O)c3occc3-c3ccccc3)cc2)CC1. The fourth-order valence-electron chi connectivity index (χ4n) is 3.78. The molecule has 0 saturated carbocycles. The van der Waals surface area contributed by atoms with E-state index in [0.717, 1.165) is 44.0 Å². The minimum Gasteiger partial charge on any atom is -0.457 e. The third kappa shape index (κ3) is 5.18. The molecule has 4 rings (SSSR count). The molecule has 0 unspecified atom stereocenters. The van der Waals surface area contributed by atoms with Gasteiger partial charge in [-0.2, -0.15) is 0 Å². The van der Waals surface area contributed by atoms with Crippen molar-refractivity contribution in [3.05, 3.63) is 72.7 Å². The maximum absolute atomic E-state index is 12.4. The molecule has 166 valence electrons. The lowest BCUT2D eigenvalue weighted by atomic mass is 10.1. The van der Waals surface area contributed by atoms with Crippen LogP contribution in [0.25, 0.3) is 11.1 Å². The van der Waals surface area contributed by atoms with Crippen molar-refractivity contribution < 1.29 is 18.7 Å². The van der Waals surface area contributed by atoms with Gasteiger partial charge in [-0.3, -0.25) is 4.79 Å². The number of nitrogens with zero attached hydrogens (tertiary/aromatic N) is 2. The molecule has 1 aromatic heterocycles. The van der Waals surface area contributed by atoms with Crippen molar-refractivity contribution in [3.8, 4) is 11.1 Å². The van der Waals surface area contributed by atoms with Gasteiger partial charge in [-0.25, -0.2) is 4.79 Å². The van der Waals surface area contributed by atoms with Crippen LogP contribution in [0.3, 0.4) is 0 Å². The molecule has 0 bridgehead atoms. The van der Waals surface area contributed by atoms with Crippen molar-refractivity contribution >= 4 is 23.3 Å². The summed E-state index contributed by atoms with van der Waals surface area (Å²) in [7, 11) is 0. The first-order chi connectivity index (χ1) is 15.6. The predicted molar refractivity (Wildman–Crippen MR) is 124 cm³/mol. The number of furan rings is 1. The monoisotopic (exact) mass is 433 g/mol. The Bertz CT molecular complexity index is 1040. The van der Waals surface area contributed by atoms with Gasteiger partial charge in [0.25, 0.3) is 5.91 Å². The van der Waals surface area contributed by atoms with Gasteiger partial charge < -0.3 is 24.3 Å². The van der Waals surface area contributed by atoms with Crippen LogP contribution in [0.15, 0.2) is 71.3 Å². The van der Waals surface area contributed by atoms with Gasteiger partial charge in [0.05, 0.1) is 6.26 Å². The number of hydrogen-bond donors (Lipinski definition) is 1. The van der Waals surface area contributed by atoms with E-state index >= 15 is 0 Å². The highest BCUT2D eigenvalue weighted by Gasteiger charge is 2.20. The summed E-state index contributed by atoms with van der Waals surface area (Å²) in [6.07, 6.45) is 1.43. The van der Waals surface area contributed by atoms with Crippen LogP contribution in [0.5, 0.6) is 0 Å². The molecule has 0 atom stereocenters. The number of anilines is 2. The average molecular weight is 434 g/mol. The van der Waals surface area contributed by atoms with Crippen molar-refractivity contribution in [2.75, 3.05) is 49.5 Å². The summed E-state index contributed by atoms with van der Waals surface area (Å²) >= 11 is 0. The molecule has 3 aromatic rings. The molecule has 1 aliphatic rings. The smallest absolute Gasteiger partial charge is 0.375 e. The van der Waals surface area contributed by atoms with Crippen molar-refractivity contribution in [2.24, 2.45) is 0 Å². The number of carbonyl (C=O) groups excluding carboxylic acids is 2. The van der Waals surface area contributed by atoms with E-state index in [2.05, 4.69) is 22.0 Å². The molecule has 1 fully saturated rings. The molecule has 2 heterocycles. The third-order valence-corrected chi connectivity index (χ3v) is 5.61. The minimum absolute atomic E-state index is 0.0801. The zero-order valence-electron chi connectivity index (χ0n) is 18.1. The van der Waals surface area contributed by atoms with Gasteiger partial charge >= 0.3 is 5.97 Å². The summed E-state index contributed by atoms with van der Waals surface area (Å²) in [5.74, 6) is -1.00. The molecule has 2 aromatic carbocycles. The number of nitrogens with one attached hydrogen (secondary N) is 1. The number of likely N-dealkylation sites (N-methyl/N-ethyl adjacent to an activating group) is 1. The second-order valence-electron chi connectivity index (χ2n) is 7.62. The number of esters is 1. The highest BCUT2D eigenvalue weighted by atomic mass is 16.5. The summed E-state index contributed by atoms with van der Waals surface area (Å²) in [6, 6.07) is 18.8. The van der Waals surface area contributed by atoms with Crippen LogP contribution in [0.1, 0.15) is 17.5 Å². The summed E-state index contributed by atoms with van der Waals surface area (Å²) in [5, 5.41) is 2.76. The Morgan fingerprint density at radius 2 is 1.69 bits per heavy atom. The maximum atomic E-state index is 12.4. The van der Waals surface area contributed by atoms with E-state index in [-0.39, 0.29) is 5.76 Å². The lowest BCUT2D eigenvalue weighted by Crippen LogP contribution is -2.46. The first kappa shape index (κ1) is 21.6. The fraction of sp³-hybridized carbons (Fsp3) is 0.280. The summed E-state index contributed by atoms with van der Waals surface area (Å²) in [6.45, 7) is 6.97. The highest BCUT2D eigenvalue weighted by molar-refractivity contribution is 5.97. The number of piperazine rings is 1. The van der Waals surface area contributed by atoms with E-state index in [1.165, 1.54) is 6.26 Å². The van der Waals surface area contributed by atoms with Crippen LogP contribution in [0.2, 0.25) is 0 Å². The molecule has 7 heteroatoms. The highest BCUT2D eigenvalue weighted by Crippen LogP contribution is 2.25. The lowest BCUT2D eigenvalue weighted by Gasteiger charge is -2.35. The van der Waals surface area contributed by atoms with E-state index in [9.17, 15) is 9.59 Å². The van der Waals surface area contributed by atoms with E-state index in [4.69, 9.17) is 9.15 Å². The summed E-state index contributed by atoms with van der Waals surface area (Å²) in [4.78, 5) is 29.4. The molecule has 1 N–H and O–H groups in total. The molecule has 7 nitrogen and oxygen atoms in total. The number of rotatable bonds is 7. The molecule has 0 aliphatic carbocycles. The first-order valence-corrected chi connectivity index (χ1v) is 10.8. The third-order valence-electron chi connectivity index (χ3n) is 5.61. The van der Waals surface area contributed by atoms with Gasteiger partial charge in [-0.05, 0) is 42.4 Å². The zero-order chi connectivity index (χ0) is 22.3. The van der Waals surface area contributed by atoms with Gasteiger partial charge in [0.15, 0.2) is 6.61 Å². The summed E-state index contributed by atoms with van der Waals surface area (Å²) in [5.41, 5.74) is 3.27. The molecule has 1 saturated heterocycles. The number of amides is 1. The van der Waals surface area contributed by atoms with Crippen LogP contribution < -0.4 is 10.2 Å². The molecule has 32 heavy (non-hydrogen) atoms. The second-order valence-corrected chi connectivity index (χ2v) is 7.62. The Kier molecular flexibility index (Phi) is 6.87. The van der Waals surface area contributed by atoms with Gasteiger partial charge in [-0.15, -0.1) is 0 Å². The Morgan fingerprint density at radius 3 is 2.38 bits per heavy atom. The lowest BCUT2D eigenvalue weighted by molar-refractivity contribution is -0.119. The minimum atomic E-state index is -0.675. The van der Waals surface area contributed by atoms with Crippen LogP contribution in [-0.4, -0.2) is 56.1 Å². The number of carbonyl (C=O) groups is 2. The molecule has 1 aliphatic heterocycles. The molecule has 0 radical (unpaired) electrons. The van der Waals surface area contributed by atoms with Crippen LogP contribution >= 0.6 is 0 Å². The number of ether oxygens (including phenoxy) is 1. The Balaban J connectivity index is 1.28. The van der Waals surface area contributed by atoms with Crippen molar-refractivity contribution in [3.63, 3.8) is 0 Å². The Morgan fingerprint density at radius 1 is 0.969 bits per heavy atom. The quantitative estimate of drug-likeness (QED) is 0.570. The van der Waals surface area contributed by atoms with Gasteiger partial charge in [0.2, 0.25) is 5.76 Å². The van der Waals surface area contributed by atoms with Crippen LogP contribution in [-0.2, 0) is 9.53 Å². The summed E-state index contributed by atoms with van der Waals surface area (Å²) < 4.78 is 10.5. The van der Waals surface area contributed by atoms with E-state index < -0.39 is 18.5 Å². The molecular weight excluding hydrogens is 406 g/mol. The Labute approximate surface area is 187 Å². The van der Waals surface area contributed by atoms with Crippen molar-refractivity contribution in [2.45, 2.75) is 6.92 Å². The van der Waals surface area contributed by atoms with Gasteiger partial charge in [-0.1, -0.05) is 37.3 Å². The molecule has 1 amide bonds. The van der Waals surface area contributed by atoms with Crippen LogP contribution in [0.4, 0.5) is 11.4 Å². The molecular formula is C25H27N3O4. The fourth-order valence-corrected chi connectivity index (χ4v) is 3.78. The Hall–Kier alpha value is -3.58. The van der Waals surface area contributed by atoms with Gasteiger partial charge in [0.1, 0.15) is 0 Å². The first-order valence-electron chi connectivity index (χ1n) is 10.8. The molecule has 0 spiro atoms. The zero-order valence-corrected chi connectivity index (χ0v) is 18.1. The standard InChI is InChI=1S/C25H27N3O4/c1-2-27-13-15-28(16-14-27)21-10-8-20(9-11-21)26-23(29)18-32-25(30)24-22(12-17-31-24)19-6-4-3-5-7-19/h3-12,17H,2,13-16,18H2,1H3,(H,26,29). The average Bonchev–Trinajstić information content (AvgIpc) is 3.34. The second kappa shape index (κ2) is 10.2. The topological polar surface area (TPSA) is 75.0 Å². The normalized spacial score (nSPS) is 14.2. The maximum Gasteiger partial charge on any atom is 0.375 e. The number of hydrogen-bond acceptors (Lipinski definition) is 6. The van der Waals surface area contributed by atoms with Crippen LogP contribution in [0, 0.1) is 0 Å². The largest absolute Gasteiger partial charge is 0.457 e. The van der Waals surface area contributed by atoms with E-state index in [1.54, 1.807) is 6.07 Å². The van der Waals surface area contributed by atoms with Crippen molar-refractivity contribution in [1.29, 1.82) is 0 Å². The van der Waals surface area contributed by atoms with E-state index in [1.807, 2.05) is 54.6 Å². The number of benzene rings is 2.